The lowest BCUT2D eigenvalue weighted by Gasteiger charge is -2.42. The average molecular weight is 355 g/mol. The Morgan fingerprint density at radius 3 is 2.73 bits per heavy atom. The normalized spacial score (nSPS) is 21.7. The fourth-order valence-electron chi connectivity index (χ4n) is 3.46. The molecule has 26 heavy (non-hydrogen) atoms. The van der Waals surface area contributed by atoms with Crippen LogP contribution >= 0.6 is 0 Å². The first-order valence-corrected chi connectivity index (χ1v) is 8.67. The van der Waals surface area contributed by atoms with Crippen LogP contribution in [0.5, 0.6) is 11.5 Å². The van der Waals surface area contributed by atoms with E-state index < -0.39 is 5.60 Å². The fourth-order valence-corrected chi connectivity index (χ4v) is 3.46. The smallest absolute Gasteiger partial charge is 0.254 e. The summed E-state index contributed by atoms with van der Waals surface area (Å²) in [4.78, 5) is 14.7. The zero-order valence-electron chi connectivity index (χ0n) is 14.4. The third-order valence-electron chi connectivity index (χ3n) is 4.81. The Balaban J connectivity index is 1.52. The van der Waals surface area contributed by atoms with Gasteiger partial charge in [-0.2, -0.15) is 0 Å². The van der Waals surface area contributed by atoms with Crippen molar-refractivity contribution in [1.82, 2.24) is 4.90 Å². The SMILES string of the molecule is O=C(c1ccc2c(c1)OCO2)N1CCO[C@@](CO)(Cc2ccccc2)C1. The van der Waals surface area contributed by atoms with Crippen molar-refractivity contribution < 1.29 is 24.1 Å². The lowest BCUT2D eigenvalue weighted by molar-refractivity contribution is -0.123. The molecule has 0 radical (unpaired) electrons. The predicted molar refractivity (Wildman–Crippen MR) is 94.4 cm³/mol. The summed E-state index contributed by atoms with van der Waals surface area (Å²) in [5.74, 6) is 1.14. The molecule has 1 atom stereocenters. The third-order valence-corrected chi connectivity index (χ3v) is 4.81. The van der Waals surface area contributed by atoms with E-state index in [1.165, 1.54) is 0 Å². The van der Waals surface area contributed by atoms with Crippen molar-refractivity contribution in [3.63, 3.8) is 0 Å². The average Bonchev–Trinajstić information content (AvgIpc) is 3.16. The van der Waals surface area contributed by atoms with E-state index in [2.05, 4.69) is 0 Å². The highest BCUT2D eigenvalue weighted by atomic mass is 16.7. The number of nitrogens with zero attached hydrogens (tertiary/aromatic N) is 1. The van der Waals surface area contributed by atoms with E-state index in [1.54, 1.807) is 23.1 Å². The van der Waals surface area contributed by atoms with Crippen LogP contribution in [-0.4, -0.2) is 54.6 Å². The van der Waals surface area contributed by atoms with E-state index in [9.17, 15) is 9.90 Å². The number of fused-ring (bicyclic) bond motifs is 1. The number of benzene rings is 2. The molecule has 136 valence electrons. The Labute approximate surface area is 151 Å². The van der Waals surface area contributed by atoms with Gasteiger partial charge in [-0.15, -0.1) is 0 Å². The van der Waals surface area contributed by atoms with E-state index >= 15 is 0 Å². The van der Waals surface area contributed by atoms with Crippen LogP contribution in [0.3, 0.4) is 0 Å². The van der Waals surface area contributed by atoms with Gasteiger partial charge in [0.15, 0.2) is 11.5 Å². The molecule has 0 aliphatic carbocycles. The summed E-state index contributed by atoms with van der Waals surface area (Å²) in [6.07, 6.45) is 0.551. The van der Waals surface area contributed by atoms with Crippen LogP contribution in [-0.2, 0) is 11.2 Å². The minimum atomic E-state index is -0.786. The zero-order valence-corrected chi connectivity index (χ0v) is 14.4. The molecule has 2 aliphatic rings. The van der Waals surface area contributed by atoms with Crippen LogP contribution < -0.4 is 9.47 Å². The first-order chi connectivity index (χ1) is 12.7. The van der Waals surface area contributed by atoms with Crippen LogP contribution in [0, 0.1) is 0 Å². The van der Waals surface area contributed by atoms with Crippen molar-refractivity contribution in [2.75, 3.05) is 33.1 Å². The number of morpholine rings is 1. The van der Waals surface area contributed by atoms with Crippen molar-refractivity contribution in [3.8, 4) is 11.5 Å². The number of rotatable bonds is 4. The van der Waals surface area contributed by atoms with Gasteiger partial charge in [-0.25, -0.2) is 0 Å². The molecule has 0 unspecified atom stereocenters. The predicted octanol–water partition coefficient (Wildman–Crippen LogP) is 1.86. The second kappa shape index (κ2) is 6.97. The molecule has 1 fully saturated rings. The lowest BCUT2D eigenvalue weighted by Crippen LogP contribution is -2.56. The van der Waals surface area contributed by atoms with Gasteiger partial charge in [0.05, 0.1) is 19.8 Å². The molecule has 2 aromatic rings. The number of carbonyl (C=O) groups is 1. The molecule has 2 aliphatic heterocycles. The number of carbonyl (C=O) groups excluding carboxylic acids is 1. The fraction of sp³-hybridized carbons (Fsp3) is 0.350. The number of hydrogen-bond donors (Lipinski definition) is 1. The molecule has 6 nitrogen and oxygen atoms in total. The Bertz CT molecular complexity index is 794. The molecule has 0 spiro atoms. The molecule has 1 saturated heterocycles. The van der Waals surface area contributed by atoms with E-state index in [-0.39, 0.29) is 19.3 Å². The van der Waals surface area contributed by atoms with Crippen molar-refractivity contribution in [1.29, 1.82) is 0 Å². The summed E-state index contributed by atoms with van der Waals surface area (Å²) in [6, 6.07) is 15.1. The maximum absolute atomic E-state index is 12.9. The Kier molecular flexibility index (Phi) is 4.53. The van der Waals surface area contributed by atoms with Crippen LogP contribution in [0.2, 0.25) is 0 Å². The molecule has 1 N–H and O–H groups in total. The Hall–Kier alpha value is -2.57. The maximum Gasteiger partial charge on any atom is 0.254 e. The van der Waals surface area contributed by atoms with Crippen molar-refractivity contribution >= 4 is 5.91 Å². The number of aliphatic hydroxyl groups excluding tert-OH is 1. The Morgan fingerprint density at radius 2 is 1.92 bits per heavy atom. The van der Waals surface area contributed by atoms with Gasteiger partial charge in [0.2, 0.25) is 6.79 Å². The number of ether oxygens (including phenoxy) is 3. The van der Waals surface area contributed by atoms with Crippen LogP contribution in [0.4, 0.5) is 0 Å². The highest BCUT2D eigenvalue weighted by Gasteiger charge is 2.38. The van der Waals surface area contributed by atoms with Gasteiger partial charge >= 0.3 is 0 Å². The maximum atomic E-state index is 12.9. The summed E-state index contributed by atoms with van der Waals surface area (Å²) < 4.78 is 16.6. The van der Waals surface area contributed by atoms with Gasteiger partial charge < -0.3 is 24.2 Å². The van der Waals surface area contributed by atoms with Crippen LogP contribution in [0.1, 0.15) is 15.9 Å². The number of hydrogen-bond acceptors (Lipinski definition) is 5. The minimum absolute atomic E-state index is 0.0995. The highest BCUT2D eigenvalue weighted by molar-refractivity contribution is 5.95. The second-order valence-electron chi connectivity index (χ2n) is 6.65. The zero-order chi connectivity index (χ0) is 18.0. The number of amides is 1. The van der Waals surface area contributed by atoms with Gasteiger partial charge in [0.1, 0.15) is 5.60 Å². The summed E-state index contributed by atoms with van der Waals surface area (Å²) >= 11 is 0. The molecule has 2 aromatic carbocycles. The quantitative estimate of drug-likeness (QED) is 0.907. The van der Waals surface area contributed by atoms with Gasteiger partial charge in [0, 0.05) is 18.5 Å². The molecule has 0 saturated carbocycles. The molecular weight excluding hydrogens is 334 g/mol. The van der Waals surface area contributed by atoms with E-state index in [0.29, 0.717) is 43.2 Å². The molecule has 0 aromatic heterocycles. The lowest BCUT2D eigenvalue weighted by atomic mass is 9.93. The third kappa shape index (κ3) is 3.25. The van der Waals surface area contributed by atoms with Crippen molar-refractivity contribution in [2.45, 2.75) is 12.0 Å². The minimum Gasteiger partial charge on any atom is -0.454 e. The van der Waals surface area contributed by atoms with E-state index in [4.69, 9.17) is 14.2 Å². The van der Waals surface area contributed by atoms with Gasteiger partial charge in [0.25, 0.3) is 5.91 Å². The summed E-state index contributed by atoms with van der Waals surface area (Å²) in [5, 5.41) is 10.0. The van der Waals surface area contributed by atoms with Crippen LogP contribution in [0.25, 0.3) is 0 Å². The largest absolute Gasteiger partial charge is 0.454 e. The summed E-state index contributed by atoms with van der Waals surface area (Å²) in [7, 11) is 0. The van der Waals surface area contributed by atoms with Gasteiger partial charge in [-0.05, 0) is 23.8 Å². The molecule has 6 heteroatoms. The van der Waals surface area contributed by atoms with E-state index in [0.717, 1.165) is 5.56 Å². The molecule has 1 amide bonds. The highest BCUT2D eigenvalue weighted by Crippen LogP contribution is 2.33. The summed E-state index contributed by atoms with van der Waals surface area (Å²) in [6.45, 7) is 1.25. The first-order valence-electron chi connectivity index (χ1n) is 8.67. The van der Waals surface area contributed by atoms with Crippen molar-refractivity contribution in [3.05, 3.63) is 59.7 Å². The molecule has 2 heterocycles. The first kappa shape index (κ1) is 16.9. The van der Waals surface area contributed by atoms with Gasteiger partial charge in [-0.1, -0.05) is 30.3 Å². The standard InChI is InChI=1S/C20H21NO5/c22-13-20(11-15-4-2-1-3-5-15)12-21(8-9-26-20)19(23)16-6-7-17-18(10-16)25-14-24-17/h1-7,10,22H,8-9,11-14H2/t20-/m0/s1. The van der Waals surface area contributed by atoms with Crippen LogP contribution in [0.15, 0.2) is 48.5 Å². The van der Waals surface area contributed by atoms with Gasteiger partial charge in [-0.3, -0.25) is 4.79 Å². The van der Waals surface area contributed by atoms with Crippen molar-refractivity contribution in [2.24, 2.45) is 0 Å². The Morgan fingerprint density at radius 1 is 1.12 bits per heavy atom. The summed E-state index contributed by atoms with van der Waals surface area (Å²) in [5.41, 5.74) is 0.827. The second-order valence-corrected chi connectivity index (χ2v) is 6.65. The number of aliphatic hydroxyl groups is 1. The topological polar surface area (TPSA) is 68.2 Å². The van der Waals surface area contributed by atoms with E-state index in [1.807, 2.05) is 30.3 Å². The molecule has 4 rings (SSSR count). The molecular formula is C20H21NO5. The molecule has 0 bridgehead atoms. The monoisotopic (exact) mass is 355 g/mol.